The minimum Gasteiger partial charge on any atom is -0.337 e. The smallest absolute Gasteiger partial charge is 0.256 e. The summed E-state index contributed by atoms with van der Waals surface area (Å²) in [7, 11) is 3.81. The van der Waals surface area contributed by atoms with Gasteiger partial charge in [-0.25, -0.2) is 4.39 Å². The molecule has 1 amide bonds. The monoisotopic (exact) mass is 250 g/mol. The maximum atomic E-state index is 13.6. The Morgan fingerprint density at radius 1 is 1.44 bits per heavy atom. The first kappa shape index (κ1) is 13.0. The lowest BCUT2D eigenvalue weighted by Crippen LogP contribution is -2.47. The summed E-state index contributed by atoms with van der Waals surface area (Å²) in [5.74, 6) is -0.674. The van der Waals surface area contributed by atoms with Gasteiger partial charge in [-0.15, -0.1) is 0 Å². The average Bonchev–Trinajstić information content (AvgIpc) is 2.37. The Morgan fingerprint density at radius 2 is 2.17 bits per heavy atom. The third kappa shape index (κ3) is 2.70. The highest BCUT2D eigenvalue weighted by Gasteiger charge is 2.26. The molecule has 0 aromatic heterocycles. The van der Waals surface area contributed by atoms with Crippen molar-refractivity contribution in [2.45, 2.75) is 18.9 Å². The van der Waals surface area contributed by atoms with E-state index in [9.17, 15) is 9.18 Å². The topological polar surface area (TPSA) is 23.6 Å². The summed E-state index contributed by atoms with van der Waals surface area (Å²) >= 11 is 0. The van der Waals surface area contributed by atoms with E-state index in [-0.39, 0.29) is 17.5 Å². The Balaban J connectivity index is 2.11. The van der Waals surface area contributed by atoms with Gasteiger partial charge in [0, 0.05) is 19.6 Å². The second kappa shape index (κ2) is 5.48. The molecule has 1 aromatic rings. The number of halogens is 1. The molecule has 1 aromatic carbocycles. The molecule has 1 fully saturated rings. The largest absolute Gasteiger partial charge is 0.337 e. The minimum absolute atomic E-state index is 0.160. The number of likely N-dealkylation sites (tertiary alicyclic amines) is 1. The van der Waals surface area contributed by atoms with Gasteiger partial charge in [-0.2, -0.15) is 0 Å². The lowest BCUT2D eigenvalue weighted by molar-refractivity contribution is 0.0639. The lowest BCUT2D eigenvalue weighted by atomic mass is 10.0. The number of benzene rings is 1. The average molecular weight is 250 g/mol. The Bertz CT molecular complexity index is 436. The van der Waals surface area contributed by atoms with Crippen molar-refractivity contribution in [2.75, 3.05) is 27.2 Å². The maximum absolute atomic E-state index is 13.6. The highest BCUT2D eigenvalue weighted by molar-refractivity contribution is 5.94. The van der Waals surface area contributed by atoms with E-state index >= 15 is 0 Å². The van der Waals surface area contributed by atoms with Crippen LogP contribution in [0.2, 0.25) is 0 Å². The van der Waals surface area contributed by atoms with E-state index in [0.717, 1.165) is 25.9 Å². The molecule has 0 radical (unpaired) electrons. The number of likely N-dealkylation sites (N-methyl/N-ethyl adjacent to an activating group) is 2. The second-order valence-electron chi connectivity index (χ2n) is 4.95. The van der Waals surface area contributed by atoms with Crippen LogP contribution in [0.4, 0.5) is 4.39 Å². The number of carbonyl (C=O) groups excluding carboxylic acids is 1. The van der Waals surface area contributed by atoms with E-state index in [1.807, 2.05) is 7.05 Å². The maximum Gasteiger partial charge on any atom is 0.256 e. The summed E-state index contributed by atoms with van der Waals surface area (Å²) < 4.78 is 13.6. The fourth-order valence-corrected chi connectivity index (χ4v) is 2.45. The first-order valence-corrected chi connectivity index (χ1v) is 6.30. The molecule has 98 valence electrons. The van der Waals surface area contributed by atoms with Crippen LogP contribution in [0.15, 0.2) is 24.3 Å². The molecular formula is C14H19FN2O. The predicted octanol–water partition coefficient (Wildman–Crippen LogP) is 1.99. The normalized spacial score (nSPS) is 20.7. The molecule has 1 aliphatic heterocycles. The molecule has 0 N–H and O–H groups in total. The molecule has 1 saturated heterocycles. The fourth-order valence-electron chi connectivity index (χ4n) is 2.45. The van der Waals surface area contributed by atoms with Crippen molar-refractivity contribution in [3.05, 3.63) is 35.6 Å². The van der Waals surface area contributed by atoms with E-state index in [0.29, 0.717) is 0 Å². The van der Waals surface area contributed by atoms with Crippen molar-refractivity contribution in [1.29, 1.82) is 0 Å². The number of amides is 1. The zero-order valence-corrected chi connectivity index (χ0v) is 10.9. The molecule has 1 unspecified atom stereocenters. The molecule has 18 heavy (non-hydrogen) atoms. The SMILES string of the molecule is CN1CCCC(N(C)C(=O)c2ccccc2F)C1. The number of carbonyl (C=O) groups is 1. The number of hydrogen-bond acceptors (Lipinski definition) is 2. The Hall–Kier alpha value is -1.42. The van der Waals surface area contributed by atoms with Gasteiger partial charge >= 0.3 is 0 Å². The van der Waals surface area contributed by atoms with Gasteiger partial charge in [-0.3, -0.25) is 4.79 Å². The zero-order chi connectivity index (χ0) is 13.1. The van der Waals surface area contributed by atoms with Crippen molar-refractivity contribution < 1.29 is 9.18 Å². The van der Waals surface area contributed by atoms with Gasteiger partial charge in [0.15, 0.2) is 0 Å². The second-order valence-corrected chi connectivity index (χ2v) is 4.95. The third-order valence-electron chi connectivity index (χ3n) is 3.57. The van der Waals surface area contributed by atoms with Crippen molar-refractivity contribution in [3.63, 3.8) is 0 Å². The van der Waals surface area contributed by atoms with Gasteiger partial charge in [0.25, 0.3) is 5.91 Å². The van der Waals surface area contributed by atoms with E-state index in [1.54, 1.807) is 30.1 Å². The van der Waals surface area contributed by atoms with Crippen LogP contribution in [0.5, 0.6) is 0 Å². The van der Waals surface area contributed by atoms with Crippen LogP contribution in [0.1, 0.15) is 23.2 Å². The van der Waals surface area contributed by atoms with Crippen LogP contribution in [0, 0.1) is 5.82 Å². The van der Waals surface area contributed by atoms with Crippen LogP contribution in [-0.4, -0.2) is 48.9 Å². The summed E-state index contributed by atoms with van der Waals surface area (Å²) in [6.07, 6.45) is 2.07. The Labute approximate surface area is 107 Å². The summed E-state index contributed by atoms with van der Waals surface area (Å²) in [6, 6.07) is 6.34. The van der Waals surface area contributed by atoms with Crippen LogP contribution in [0.3, 0.4) is 0 Å². The fraction of sp³-hybridized carbons (Fsp3) is 0.500. The van der Waals surface area contributed by atoms with E-state index in [1.165, 1.54) is 6.07 Å². The van der Waals surface area contributed by atoms with Gasteiger partial charge in [-0.1, -0.05) is 12.1 Å². The zero-order valence-electron chi connectivity index (χ0n) is 10.9. The molecule has 3 nitrogen and oxygen atoms in total. The van der Waals surface area contributed by atoms with Crippen molar-refractivity contribution in [2.24, 2.45) is 0 Å². The summed E-state index contributed by atoms with van der Waals surface area (Å²) in [4.78, 5) is 16.1. The van der Waals surface area contributed by atoms with Gasteiger partial charge in [0.05, 0.1) is 5.56 Å². The molecule has 2 rings (SSSR count). The quantitative estimate of drug-likeness (QED) is 0.801. The molecule has 1 heterocycles. The highest BCUT2D eigenvalue weighted by Crippen LogP contribution is 2.17. The lowest BCUT2D eigenvalue weighted by Gasteiger charge is -2.35. The minimum atomic E-state index is -0.446. The predicted molar refractivity (Wildman–Crippen MR) is 69.0 cm³/mol. The van der Waals surface area contributed by atoms with Gasteiger partial charge in [0.1, 0.15) is 5.82 Å². The number of rotatable bonds is 2. The first-order chi connectivity index (χ1) is 8.59. The standard InChI is InChI=1S/C14H19FN2O/c1-16-9-5-6-11(10-16)17(2)14(18)12-7-3-4-8-13(12)15/h3-4,7-8,11H,5-6,9-10H2,1-2H3. The Morgan fingerprint density at radius 3 is 2.83 bits per heavy atom. The molecule has 0 saturated carbocycles. The van der Waals surface area contributed by atoms with Crippen molar-refractivity contribution >= 4 is 5.91 Å². The van der Waals surface area contributed by atoms with E-state index < -0.39 is 5.82 Å². The van der Waals surface area contributed by atoms with Crippen molar-refractivity contribution in [1.82, 2.24) is 9.80 Å². The van der Waals surface area contributed by atoms with Gasteiger partial charge in [0.2, 0.25) is 0 Å². The summed E-state index contributed by atoms with van der Waals surface area (Å²) in [5.41, 5.74) is 0.160. The Kier molecular flexibility index (Phi) is 3.97. The van der Waals surface area contributed by atoms with E-state index in [2.05, 4.69) is 4.90 Å². The molecular weight excluding hydrogens is 231 g/mol. The third-order valence-corrected chi connectivity index (χ3v) is 3.57. The van der Waals surface area contributed by atoms with Crippen LogP contribution < -0.4 is 0 Å². The number of nitrogens with zero attached hydrogens (tertiary/aromatic N) is 2. The van der Waals surface area contributed by atoms with Gasteiger partial charge < -0.3 is 9.80 Å². The summed E-state index contributed by atoms with van der Waals surface area (Å²) in [5, 5.41) is 0. The highest BCUT2D eigenvalue weighted by atomic mass is 19.1. The van der Waals surface area contributed by atoms with Crippen LogP contribution in [-0.2, 0) is 0 Å². The number of hydrogen-bond donors (Lipinski definition) is 0. The van der Waals surface area contributed by atoms with Gasteiger partial charge in [-0.05, 0) is 38.6 Å². The molecule has 0 spiro atoms. The number of piperidine rings is 1. The molecule has 0 aliphatic carbocycles. The summed E-state index contributed by atoms with van der Waals surface area (Å²) in [6.45, 7) is 1.93. The first-order valence-electron chi connectivity index (χ1n) is 6.30. The molecule has 1 aliphatic rings. The molecule has 1 atom stereocenters. The van der Waals surface area contributed by atoms with Crippen molar-refractivity contribution in [3.8, 4) is 0 Å². The van der Waals surface area contributed by atoms with Crippen LogP contribution >= 0.6 is 0 Å². The van der Waals surface area contributed by atoms with Crippen LogP contribution in [0.25, 0.3) is 0 Å². The molecule has 4 heteroatoms. The van der Waals surface area contributed by atoms with E-state index in [4.69, 9.17) is 0 Å². The molecule has 0 bridgehead atoms.